The van der Waals surface area contributed by atoms with Crippen molar-refractivity contribution in [2.24, 2.45) is 5.92 Å². The zero-order chi connectivity index (χ0) is 17.6. The molecule has 0 aromatic carbocycles. The minimum atomic E-state index is -0.303. The number of aromatic nitrogens is 3. The van der Waals surface area contributed by atoms with E-state index in [1.807, 2.05) is 29.8 Å². The van der Waals surface area contributed by atoms with E-state index in [1.165, 1.54) is 0 Å². The van der Waals surface area contributed by atoms with E-state index >= 15 is 0 Å². The third kappa shape index (κ3) is 4.36. The molecule has 0 spiro atoms. The molecule has 2 aromatic heterocycles. The highest BCUT2D eigenvalue weighted by molar-refractivity contribution is 5.73. The average Bonchev–Trinajstić information content (AvgIpc) is 3.05. The molecule has 2 atom stereocenters. The maximum atomic E-state index is 12.1. The van der Waals surface area contributed by atoms with Crippen molar-refractivity contribution in [1.82, 2.24) is 25.2 Å². The first-order valence-electron chi connectivity index (χ1n) is 8.79. The lowest BCUT2D eigenvalue weighted by atomic mass is 9.86. The van der Waals surface area contributed by atoms with Crippen molar-refractivity contribution in [2.45, 2.75) is 45.3 Å². The minimum Gasteiger partial charge on any atom is -0.393 e. The summed E-state index contributed by atoms with van der Waals surface area (Å²) in [6.45, 7) is 2.79. The van der Waals surface area contributed by atoms with Gasteiger partial charge in [-0.1, -0.05) is 18.9 Å². The fourth-order valence-electron chi connectivity index (χ4n) is 3.27. The Bertz CT molecular complexity index is 715. The van der Waals surface area contributed by atoms with Crippen LogP contribution in [0.5, 0.6) is 0 Å². The Kier molecular flexibility index (Phi) is 5.65. The van der Waals surface area contributed by atoms with Crippen molar-refractivity contribution >= 4 is 6.03 Å². The topological polar surface area (TPSA) is 92.1 Å². The first-order chi connectivity index (χ1) is 12.1. The highest BCUT2D eigenvalue weighted by Gasteiger charge is 2.23. The second kappa shape index (κ2) is 8.11. The Morgan fingerprint density at radius 3 is 2.88 bits per heavy atom. The minimum absolute atomic E-state index is 0.155. The zero-order valence-electron chi connectivity index (χ0n) is 14.5. The van der Waals surface area contributed by atoms with Gasteiger partial charge in [-0.05, 0) is 25.8 Å². The highest BCUT2D eigenvalue weighted by Crippen LogP contribution is 2.23. The molecule has 2 heterocycles. The van der Waals surface area contributed by atoms with Crippen LogP contribution in [0.4, 0.5) is 4.79 Å². The molecule has 2 amide bonds. The lowest BCUT2D eigenvalue weighted by Crippen LogP contribution is -2.41. The molecule has 0 bridgehead atoms. The molecule has 25 heavy (non-hydrogen) atoms. The highest BCUT2D eigenvalue weighted by atomic mass is 16.3. The molecular formula is C18H25N5O2. The number of pyridine rings is 1. The first-order valence-corrected chi connectivity index (χ1v) is 8.79. The van der Waals surface area contributed by atoms with Crippen molar-refractivity contribution in [2.75, 3.05) is 6.54 Å². The second-order valence-electron chi connectivity index (χ2n) is 6.51. The number of hydrogen-bond donors (Lipinski definition) is 3. The number of carbonyl (C=O) groups is 1. The molecule has 0 radical (unpaired) electrons. The fraction of sp³-hybridized carbons (Fsp3) is 0.500. The third-order valence-electron chi connectivity index (χ3n) is 4.75. The number of amides is 2. The van der Waals surface area contributed by atoms with Gasteiger partial charge in [0.05, 0.1) is 6.10 Å². The van der Waals surface area contributed by atoms with E-state index in [0.29, 0.717) is 13.1 Å². The van der Waals surface area contributed by atoms with Crippen LogP contribution in [0.2, 0.25) is 0 Å². The second-order valence-corrected chi connectivity index (χ2v) is 6.51. The summed E-state index contributed by atoms with van der Waals surface area (Å²) in [6.07, 6.45) is 8.99. The number of nitrogens with zero attached hydrogens (tertiary/aromatic N) is 3. The zero-order valence-corrected chi connectivity index (χ0v) is 14.5. The summed E-state index contributed by atoms with van der Waals surface area (Å²) < 4.78 is 1.90. The van der Waals surface area contributed by atoms with Crippen LogP contribution in [0.25, 0.3) is 5.82 Å². The Balaban J connectivity index is 1.55. The number of urea groups is 1. The number of nitrogens with one attached hydrogen (secondary N) is 2. The van der Waals surface area contributed by atoms with Crippen LogP contribution < -0.4 is 10.6 Å². The molecule has 2 aromatic rings. The van der Waals surface area contributed by atoms with Gasteiger partial charge in [-0.3, -0.25) is 4.57 Å². The third-order valence-corrected chi connectivity index (χ3v) is 4.75. The Morgan fingerprint density at radius 2 is 2.12 bits per heavy atom. The molecule has 3 rings (SSSR count). The predicted molar refractivity (Wildman–Crippen MR) is 94.3 cm³/mol. The molecule has 1 saturated carbocycles. The maximum Gasteiger partial charge on any atom is 0.315 e. The van der Waals surface area contributed by atoms with Gasteiger partial charge in [0, 0.05) is 43.2 Å². The number of aliphatic hydroxyl groups excluding tert-OH is 1. The van der Waals surface area contributed by atoms with Crippen LogP contribution >= 0.6 is 0 Å². The predicted octanol–water partition coefficient (Wildman–Crippen LogP) is 1.93. The number of aryl methyl sites for hydroxylation is 1. The van der Waals surface area contributed by atoms with Crippen LogP contribution in [0.3, 0.4) is 0 Å². The first kappa shape index (κ1) is 17.4. The molecule has 1 aliphatic rings. The van der Waals surface area contributed by atoms with Gasteiger partial charge in [-0.2, -0.15) is 0 Å². The molecule has 7 heteroatoms. The molecule has 1 aliphatic carbocycles. The molecule has 0 saturated heterocycles. The van der Waals surface area contributed by atoms with E-state index in [1.54, 1.807) is 12.4 Å². The monoisotopic (exact) mass is 343 g/mol. The number of carbonyl (C=O) groups excluding carboxylic acids is 1. The summed E-state index contributed by atoms with van der Waals surface area (Å²) >= 11 is 0. The van der Waals surface area contributed by atoms with Crippen molar-refractivity contribution in [3.05, 3.63) is 42.1 Å². The van der Waals surface area contributed by atoms with E-state index in [9.17, 15) is 9.90 Å². The molecule has 134 valence electrons. The molecule has 3 N–H and O–H groups in total. The number of imidazole rings is 1. The van der Waals surface area contributed by atoms with E-state index in [-0.39, 0.29) is 18.1 Å². The standard InChI is InChI=1S/C18H25N5O2/c1-13-19-9-10-23(13)17-15(6-4-8-20-17)12-22-18(25)21-11-14-5-2-3-7-16(14)24/h4,6,8-10,14,16,24H,2-3,5,7,11-12H2,1H3,(H2,21,22,25)/t14-,16+/m0/s1. The Morgan fingerprint density at radius 1 is 1.28 bits per heavy atom. The largest absolute Gasteiger partial charge is 0.393 e. The van der Waals surface area contributed by atoms with Crippen LogP contribution in [-0.4, -0.2) is 38.3 Å². The van der Waals surface area contributed by atoms with Gasteiger partial charge < -0.3 is 15.7 Å². The van der Waals surface area contributed by atoms with Crippen molar-refractivity contribution in [3.8, 4) is 5.82 Å². The summed E-state index contributed by atoms with van der Waals surface area (Å²) in [5.41, 5.74) is 0.913. The Labute approximate surface area is 147 Å². The van der Waals surface area contributed by atoms with Crippen molar-refractivity contribution in [3.63, 3.8) is 0 Å². The summed E-state index contributed by atoms with van der Waals surface area (Å²) in [5, 5.41) is 15.7. The van der Waals surface area contributed by atoms with E-state index in [4.69, 9.17) is 0 Å². The summed E-state index contributed by atoms with van der Waals surface area (Å²) in [4.78, 5) is 20.7. The SMILES string of the molecule is Cc1nccn1-c1ncccc1CNC(=O)NC[C@@H]1CCCC[C@H]1O. The van der Waals surface area contributed by atoms with E-state index < -0.39 is 0 Å². The lowest BCUT2D eigenvalue weighted by Gasteiger charge is -2.27. The van der Waals surface area contributed by atoms with Crippen LogP contribution in [0.1, 0.15) is 37.1 Å². The van der Waals surface area contributed by atoms with E-state index in [0.717, 1.165) is 42.9 Å². The average molecular weight is 343 g/mol. The fourth-order valence-corrected chi connectivity index (χ4v) is 3.27. The van der Waals surface area contributed by atoms with Crippen molar-refractivity contribution in [1.29, 1.82) is 0 Å². The van der Waals surface area contributed by atoms with Crippen molar-refractivity contribution < 1.29 is 9.90 Å². The van der Waals surface area contributed by atoms with Crippen LogP contribution in [0, 0.1) is 12.8 Å². The van der Waals surface area contributed by atoms with Gasteiger partial charge in [0.1, 0.15) is 11.6 Å². The molecular weight excluding hydrogens is 318 g/mol. The molecule has 7 nitrogen and oxygen atoms in total. The quantitative estimate of drug-likeness (QED) is 0.773. The van der Waals surface area contributed by atoms with Crippen LogP contribution in [0.15, 0.2) is 30.7 Å². The summed E-state index contributed by atoms with van der Waals surface area (Å²) in [5.74, 6) is 1.76. The summed E-state index contributed by atoms with van der Waals surface area (Å²) in [7, 11) is 0. The molecule has 0 aliphatic heterocycles. The van der Waals surface area contributed by atoms with Gasteiger partial charge >= 0.3 is 6.03 Å². The number of rotatable bonds is 5. The van der Waals surface area contributed by atoms with Gasteiger partial charge in [0.25, 0.3) is 0 Å². The van der Waals surface area contributed by atoms with Crippen LogP contribution in [-0.2, 0) is 6.54 Å². The maximum absolute atomic E-state index is 12.1. The van der Waals surface area contributed by atoms with E-state index in [2.05, 4.69) is 20.6 Å². The smallest absolute Gasteiger partial charge is 0.315 e. The normalized spacial score (nSPS) is 20.2. The van der Waals surface area contributed by atoms with Gasteiger partial charge in [-0.25, -0.2) is 14.8 Å². The molecule has 1 fully saturated rings. The summed E-state index contributed by atoms with van der Waals surface area (Å²) in [6, 6.07) is 3.56. The Hall–Kier alpha value is -2.41. The molecule has 0 unspecified atom stereocenters. The van der Waals surface area contributed by atoms with Gasteiger partial charge in [0.15, 0.2) is 0 Å². The number of aliphatic hydroxyl groups is 1. The van der Waals surface area contributed by atoms with Gasteiger partial charge in [0.2, 0.25) is 0 Å². The number of hydrogen-bond acceptors (Lipinski definition) is 4. The lowest BCUT2D eigenvalue weighted by molar-refractivity contribution is 0.0709. The van der Waals surface area contributed by atoms with Gasteiger partial charge in [-0.15, -0.1) is 0 Å².